The van der Waals surface area contributed by atoms with E-state index >= 15 is 0 Å². The lowest BCUT2D eigenvalue weighted by Gasteiger charge is -2.30. The summed E-state index contributed by atoms with van der Waals surface area (Å²) >= 11 is 0. The van der Waals surface area contributed by atoms with E-state index in [2.05, 4.69) is 4.90 Å². The third-order valence-corrected chi connectivity index (χ3v) is 3.98. The van der Waals surface area contributed by atoms with Gasteiger partial charge in [0.1, 0.15) is 12.4 Å². The Labute approximate surface area is 137 Å². The standard InChI is InChI=1S/C18H25NO4/c1-3-22-18(21)16-8-10-19(11-9-16)12-15-4-6-17(7-5-15)23-13-14(2)20/h4-7,16H,3,8-13H2,1-2H3. The zero-order valence-corrected chi connectivity index (χ0v) is 13.9. The number of ketones is 1. The van der Waals surface area contributed by atoms with E-state index in [-0.39, 0.29) is 24.3 Å². The molecule has 23 heavy (non-hydrogen) atoms. The number of carbonyl (C=O) groups is 2. The van der Waals surface area contributed by atoms with Crippen molar-refractivity contribution in [2.24, 2.45) is 5.92 Å². The van der Waals surface area contributed by atoms with Crippen LogP contribution in [-0.4, -0.2) is 43.0 Å². The fourth-order valence-electron chi connectivity index (χ4n) is 2.72. The Morgan fingerprint density at radius 1 is 1.17 bits per heavy atom. The summed E-state index contributed by atoms with van der Waals surface area (Å²) in [6.45, 7) is 6.60. The maximum atomic E-state index is 11.7. The minimum atomic E-state index is -0.0564. The molecule has 5 nitrogen and oxygen atoms in total. The van der Waals surface area contributed by atoms with E-state index in [0.29, 0.717) is 12.4 Å². The average Bonchev–Trinajstić information content (AvgIpc) is 2.55. The molecule has 0 spiro atoms. The SMILES string of the molecule is CCOC(=O)C1CCN(Cc2ccc(OCC(C)=O)cc2)CC1. The first kappa shape index (κ1) is 17.5. The molecule has 2 rings (SSSR count). The maximum absolute atomic E-state index is 11.7. The molecule has 1 aliphatic heterocycles. The lowest BCUT2D eigenvalue weighted by Crippen LogP contribution is -2.36. The van der Waals surface area contributed by atoms with Crippen LogP contribution < -0.4 is 4.74 Å². The molecule has 0 radical (unpaired) electrons. The average molecular weight is 319 g/mol. The second-order valence-electron chi connectivity index (χ2n) is 5.94. The Bertz CT molecular complexity index is 518. The van der Waals surface area contributed by atoms with E-state index in [4.69, 9.17) is 9.47 Å². The molecule has 0 atom stereocenters. The molecule has 0 aliphatic carbocycles. The van der Waals surface area contributed by atoms with Crippen LogP contribution in [0.5, 0.6) is 5.75 Å². The van der Waals surface area contributed by atoms with E-state index in [0.717, 1.165) is 32.5 Å². The lowest BCUT2D eigenvalue weighted by molar-refractivity contribution is -0.149. The van der Waals surface area contributed by atoms with E-state index in [1.54, 1.807) is 0 Å². The quantitative estimate of drug-likeness (QED) is 0.723. The summed E-state index contributed by atoms with van der Waals surface area (Å²) in [4.78, 5) is 25.0. The zero-order chi connectivity index (χ0) is 16.7. The molecule has 1 saturated heterocycles. The molecule has 0 saturated carbocycles. The van der Waals surface area contributed by atoms with Crippen LogP contribution in [0.3, 0.4) is 0 Å². The number of hydrogen-bond acceptors (Lipinski definition) is 5. The van der Waals surface area contributed by atoms with Gasteiger partial charge in [-0.3, -0.25) is 14.5 Å². The van der Waals surface area contributed by atoms with Gasteiger partial charge in [0.15, 0.2) is 5.78 Å². The first-order chi connectivity index (χ1) is 11.1. The Balaban J connectivity index is 1.77. The predicted octanol–water partition coefficient (Wildman–Crippen LogP) is 2.43. The number of likely N-dealkylation sites (tertiary alicyclic amines) is 1. The molecule has 0 aromatic heterocycles. The molecule has 1 heterocycles. The van der Waals surface area contributed by atoms with Gasteiger partial charge in [-0.2, -0.15) is 0 Å². The van der Waals surface area contributed by atoms with Crippen molar-refractivity contribution in [3.05, 3.63) is 29.8 Å². The molecule has 1 aromatic rings. The van der Waals surface area contributed by atoms with Gasteiger partial charge in [-0.15, -0.1) is 0 Å². The summed E-state index contributed by atoms with van der Waals surface area (Å²) in [5.74, 6) is 0.719. The maximum Gasteiger partial charge on any atom is 0.309 e. The zero-order valence-electron chi connectivity index (χ0n) is 13.9. The third-order valence-electron chi connectivity index (χ3n) is 3.98. The highest BCUT2D eigenvalue weighted by Gasteiger charge is 2.25. The number of rotatable bonds is 7. The van der Waals surface area contributed by atoms with Gasteiger partial charge >= 0.3 is 5.97 Å². The van der Waals surface area contributed by atoms with Crippen molar-refractivity contribution < 1.29 is 19.1 Å². The first-order valence-corrected chi connectivity index (χ1v) is 8.18. The van der Waals surface area contributed by atoms with Crippen molar-refractivity contribution in [2.75, 3.05) is 26.3 Å². The number of esters is 1. The Morgan fingerprint density at radius 3 is 2.39 bits per heavy atom. The third kappa shape index (κ3) is 5.67. The smallest absolute Gasteiger partial charge is 0.309 e. The molecule has 1 fully saturated rings. The molecule has 0 N–H and O–H groups in total. The van der Waals surface area contributed by atoms with Gasteiger partial charge in [-0.05, 0) is 57.5 Å². The molecule has 0 bridgehead atoms. The number of benzene rings is 1. The van der Waals surface area contributed by atoms with E-state index < -0.39 is 0 Å². The van der Waals surface area contributed by atoms with Crippen molar-refractivity contribution in [1.82, 2.24) is 4.90 Å². The number of hydrogen-bond donors (Lipinski definition) is 0. The number of Topliss-reactive ketones (excluding diaryl/α,β-unsaturated/α-hetero) is 1. The Kier molecular flexibility index (Phi) is 6.59. The normalized spacial score (nSPS) is 16.1. The van der Waals surface area contributed by atoms with Crippen LogP contribution in [0.2, 0.25) is 0 Å². The number of piperidine rings is 1. The highest BCUT2D eigenvalue weighted by Crippen LogP contribution is 2.21. The van der Waals surface area contributed by atoms with Crippen LogP contribution >= 0.6 is 0 Å². The van der Waals surface area contributed by atoms with Crippen LogP contribution in [0.1, 0.15) is 32.3 Å². The van der Waals surface area contributed by atoms with Gasteiger partial charge in [0, 0.05) is 6.54 Å². The van der Waals surface area contributed by atoms with Gasteiger partial charge in [0.2, 0.25) is 0 Å². The molecule has 0 amide bonds. The Hall–Kier alpha value is -1.88. The van der Waals surface area contributed by atoms with Crippen LogP contribution in [0.25, 0.3) is 0 Å². The molecular weight excluding hydrogens is 294 g/mol. The van der Waals surface area contributed by atoms with Crippen molar-refractivity contribution in [3.8, 4) is 5.75 Å². The van der Waals surface area contributed by atoms with Crippen molar-refractivity contribution >= 4 is 11.8 Å². The van der Waals surface area contributed by atoms with Gasteiger partial charge < -0.3 is 9.47 Å². The monoisotopic (exact) mass is 319 g/mol. The molecule has 5 heteroatoms. The Morgan fingerprint density at radius 2 is 1.83 bits per heavy atom. The summed E-state index contributed by atoms with van der Waals surface area (Å²) in [7, 11) is 0. The summed E-state index contributed by atoms with van der Waals surface area (Å²) in [6.07, 6.45) is 1.72. The summed E-state index contributed by atoms with van der Waals surface area (Å²) in [5.41, 5.74) is 1.20. The fraction of sp³-hybridized carbons (Fsp3) is 0.556. The summed E-state index contributed by atoms with van der Waals surface area (Å²) in [6, 6.07) is 7.83. The minimum absolute atomic E-state index is 0.0125. The number of nitrogens with zero attached hydrogens (tertiary/aromatic N) is 1. The number of ether oxygens (including phenoxy) is 2. The summed E-state index contributed by atoms with van der Waals surface area (Å²) in [5, 5.41) is 0. The molecule has 1 aromatic carbocycles. The highest BCUT2D eigenvalue weighted by atomic mass is 16.5. The number of carbonyl (C=O) groups excluding carboxylic acids is 2. The second kappa shape index (κ2) is 8.67. The second-order valence-corrected chi connectivity index (χ2v) is 5.94. The lowest BCUT2D eigenvalue weighted by atomic mass is 9.96. The molecule has 1 aliphatic rings. The minimum Gasteiger partial charge on any atom is -0.486 e. The van der Waals surface area contributed by atoms with Crippen LogP contribution in [-0.2, 0) is 20.9 Å². The van der Waals surface area contributed by atoms with Crippen LogP contribution in [0.4, 0.5) is 0 Å². The molecule has 126 valence electrons. The van der Waals surface area contributed by atoms with Crippen molar-refractivity contribution in [2.45, 2.75) is 33.2 Å². The molecular formula is C18H25NO4. The van der Waals surface area contributed by atoms with Gasteiger partial charge in [0.25, 0.3) is 0 Å². The first-order valence-electron chi connectivity index (χ1n) is 8.18. The van der Waals surface area contributed by atoms with E-state index in [1.807, 2.05) is 31.2 Å². The highest BCUT2D eigenvalue weighted by molar-refractivity contribution is 5.77. The largest absolute Gasteiger partial charge is 0.486 e. The van der Waals surface area contributed by atoms with E-state index in [9.17, 15) is 9.59 Å². The van der Waals surface area contributed by atoms with Crippen molar-refractivity contribution in [3.63, 3.8) is 0 Å². The van der Waals surface area contributed by atoms with E-state index in [1.165, 1.54) is 12.5 Å². The fourth-order valence-corrected chi connectivity index (χ4v) is 2.72. The topological polar surface area (TPSA) is 55.8 Å². The molecule has 0 unspecified atom stereocenters. The summed E-state index contributed by atoms with van der Waals surface area (Å²) < 4.78 is 10.5. The predicted molar refractivity (Wildman–Crippen MR) is 87.3 cm³/mol. The van der Waals surface area contributed by atoms with Gasteiger partial charge in [-0.25, -0.2) is 0 Å². The van der Waals surface area contributed by atoms with Gasteiger partial charge in [0.05, 0.1) is 12.5 Å². The van der Waals surface area contributed by atoms with Crippen LogP contribution in [0, 0.1) is 5.92 Å². The van der Waals surface area contributed by atoms with Crippen molar-refractivity contribution in [1.29, 1.82) is 0 Å². The van der Waals surface area contributed by atoms with Gasteiger partial charge in [-0.1, -0.05) is 12.1 Å². The van der Waals surface area contributed by atoms with Crippen LogP contribution in [0.15, 0.2) is 24.3 Å².